The third kappa shape index (κ3) is 51.0. The van der Waals surface area contributed by atoms with Gasteiger partial charge in [-0.2, -0.15) is 0 Å². The van der Waals surface area contributed by atoms with E-state index in [-0.39, 0.29) is 6.42 Å². The van der Waals surface area contributed by atoms with Crippen LogP contribution in [-0.4, -0.2) is 36.5 Å². The molecule has 80 valence electrons. The molecular weight excluding hydrogens is 203 g/mol. The first-order valence-electron chi connectivity index (χ1n) is 3.14. The van der Waals surface area contributed by atoms with Gasteiger partial charge >= 0.3 is 13.8 Å². The summed E-state index contributed by atoms with van der Waals surface area (Å²) in [6.45, 7) is 2.92. The normalized spacial score (nSPS) is 11.5. The highest BCUT2D eigenvalue weighted by molar-refractivity contribution is 7.45. The molecule has 0 aliphatic rings. The molecule has 0 spiro atoms. The summed E-state index contributed by atoms with van der Waals surface area (Å²) in [5.74, 6) is -0.975. The average molecular weight is 216 g/mol. The lowest BCUT2D eigenvalue weighted by molar-refractivity contribution is -0.141. The van der Waals surface area contributed by atoms with E-state index in [1.807, 2.05) is 0 Å². The molecule has 0 aromatic carbocycles. The van der Waals surface area contributed by atoms with E-state index < -0.39 is 19.4 Å². The van der Waals surface area contributed by atoms with Crippen molar-refractivity contribution < 1.29 is 34.3 Å². The van der Waals surface area contributed by atoms with E-state index in [1.165, 1.54) is 13.8 Å². The van der Waals surface area contributed by atoms with Crippen molar-refractivity contribution in [2.24, 2.45) is 0 Å². The first-order chi connectivity index (χ1) is 5.42. The minimum atomic E-state index is -4.64. The fourth-order valence-electron chi connectivity index (χ4n) is 0.370. The molecule has 0 bridgehead atoms. The van der Waals surface area contributed by atoms with E-state index in [2.05, 4.69) is 0 Å². The van der Waals surface area contributed by atoms with Crippen LogP contribution in [0.5, 0.6) is 0 Å². The molecule has 0 aromatic heterocycles. The SMILES string of the molecule is CC(C)(O)CC(=O)O.O=P(O)(O)O. The van der Waals surface area contributed by atoms with Crippen molar-refractivity contribution in [1.82, 2.24) is 0 Å². The molecule has 13 heavy (non-hydrogen) atoms. The maximum Gasteiger partial charge on any atom is 0.466 e. The quantitative estimate of drug-likeness (QED) is 0.385. The Hall–Kier alpha value is -0.460. The van der Waals surface area contributed by atoms with Crippen molar-refractivity contribution >= 4 is 13.8 Å². The summed E-state index contributed by atoms with van der Waals surface area (Å²) in [7, 11) is -4.64. The molecule has 0 radical (unpaired) electrons. The molecule has 0 aliphatic carbocycles. The molecule has 0 unspecified atom stereocenters. The number of rotatable bonds is 2. The lowest BCUT2D eigenvalue weighted by Crippen LogP contribution is -2.22. The van der Waals surface area contributed by atoms with Gasteiger partial charge in [0.2, 0.25) is 0 Å². The summed E-state index contributed by atoms with van der Waals surface area (Å²) >= 11 is 0. The van der Waals surface area contributed by atoms with Crippen LogP contribution in [0.15, 0.2) is 0 Å². The first kappa shape index (κ1) is 15.0. The zero-order chi connectivity index (χ0) is 11.3. The van der Waals surface area contributed by atoms with Gasteiger partial charge in [-0.25, -0.2) is 4.57 Å². The van der Waals surface area contributed by atoms with Gasteiger partial charge in [-0.05, 0) is 13.8 Å². The van der Waals surface area contributed by atoms with E-state index in [0.717, 1.165) is 0 Å². The Kier molecular flexibility index (Phi) is 6.14. The molecule has 5 N–H and O–H groups in total. The maximum atomic E-state index is 9.85. The second-order valence-electron chi connectivity index (χ2n) is 2.90. The molecule has 0 rings (SSSR count). The van der Waals surface area contributed by atoms with Gasteiger partial charge in [-0.3, -0.25) is 4.79 Å². The van der Waals surface area contributed by atoms with Crippen LogP contribution in [0.25, 0.3) is 0 Å². The van der Waals surface area contributed by atoms with Gasteiger partial charge in [-0.15, -0.1) is 0 Å². The van der Waals surface area contributed by atoms with Gasteiger partial charge in [0.05, 0.1) is 12.0 Å². The smallest absolute Gasteiger partial charge is 0.466 e. The number of carboxylic acid groups (broad SMARTS) is 1. The molecule has 0 aromatic rings. The van der Waals surface area contributed by atoms with Crippen molar-refractivity contribution in [3.05, 3.63) is 0 Å². The van der Waals surface area contributed by atoms with Gasteiger partial charge in [0.25, 0.3) is 0 Å². The molecule has 0 saturated carbocycles. The number of hydrogen-bond acceptors (Lipinski definition) is 3. The Balaban J connectivity index is 0. The number of carbonyl (C=O) groups is 1. The second kappa shape index (κ2) is 5.31. The van der Waals surface area contributed by atoms with Crippen molar-refractivity contribution in [3.8, 4) is 0 Å². The van der Waals surface area contributed by atoms with Crippen LogP contribution in [0.2, 0.25) is 0 Å². The lowest BCUT2D eigenvalue weighted by Gasteiger charge is -2.12. The minimum Gasteiger partial charge on any atom is -0.481 e. The highest BCUT2D eigenvalue weighted by Crippen LogP contribution is 2.25. The Labute approximate surface area is 74.9 Å². The van der Waals surface area contributed by atoms with Crippen molar-refractivity contribution in [2.45, 2.75) is 25.9 Å². The highest BCUT2D eigenvalue weighted by atomic mass is 31.2. The molecule has 0 saturated heterocycles. The third-order valence-electron chi connectivity index (χ3n) is 0.584. The average Bonchev–Trinajstić information content (AvgIpc) is 1.47. The number of hydrogen-bond donors (Lipinski definition) is 5. The summed E-state index contributed by atoms with van der Waals surface area (Å²) in [5, 5.41) is 16.9. The monoisotopic (exact) mass is 216 g/mol. The van der Waals surface area contributed by atoms with Crippen molar-refractivity contribution in [2.75, 3.05) is 0 Å². The third-order valence-corrected chi connectivity index (χ3v) is 0.584. The Morgan fingerprint density at radius 1 is 1.31 bits per heavy atom. The van der Waals surface area contributed by atoms with Gasteiger partial charge < -0.3 is 24.9 Å². The van der Waals surface area contributed by atoms with Gasteiger partial charge in [-0.1, -0.05) is 0 Å². The zero-order valence-corrected chi connectivity index (χ0v) is 8.10. The molecular formula is C5H13O7P. The van der Waals surface area contributed by atoms with Crippen LogP contribution in [0, 0.1) is 0 Å². The van der Waals surface area contributed by atoms with E-state index in [9.17, 15) is 4.79 Å². The van der Waals surface area contributed by atoms with Gasteiger partial charge in [0, 0.05) is 0 Å². The fraction of sp³-hybridized carbons (Fsp3) is 0.800. The predicted molar refractivity (Wildman–Crippen MR) is 42.8 cm³/mol. The second-order valence-corrected chi connectivity index (χ2v) is 3.92. The lowest BCUT2D eigenvalue weighted by atomic mass is 10.1. The van der Waals surface area contributed by atoms with Crippen LogP contribution in [-0.2, 0) is 9.36 Å². The first-order valence-corrected chi connectivity index (χ1v) is 4.71. The maximum absolute atomic E-state index is 9.85. The topological polar surface area (TPSA) is 135 Å². The fourth-order valence-corrected chi connectivity index (χ4v) is 0.370. The molecule has 8 heteroatoms. The summed E-state index contributed by atoms with van der Waals surface area (Å²) in [6.07, 6.45) is -0.201. The summed E-state index contributed by atoms with van der Waals surface area (Å²) in [5.41, 5.74) is -1.08. The van der Waals surface area contributed by atoms with Crippen LogP contribution in [0.3, 0.4) is 0 Å². The van der Waals surface area contributed by atoms with Crippen LogP contribution >= 0.6 is 7.82 Å². The molecule has 0 fully saturated rings. The molecule has 0 aliphatic heterocycles. The highest BCUT2D eigenvalue weighted by Gasteiger charge is 2.16. The summed E-state index contributed by atoms with van der Waals surface area (Å²) in [6, 6.07) is 0. The Morgan fingerprint density at radius 2 is 1.54 bits per heavy atom. The van der Waals surface area contributed by atoms with E-state index in [4.69, 9.17) is 29.5 Å². The summed E-state index contributed by atoms with van der Waals surface area (Å²) in [4.78, 5) is 31.4. The van der Waals surface area contributed by atoms with Crippen LogP contribution < -0.4 is 0 Å². The Morgan fingerprint density at radius 3 is 1.54 bits per heavy atom. The summed E-state index contributed by atoms with van der Waals surface area (Å²) < 4.78 is 8.88. The number of aliphatic hydroxyl groups is 1. The van der Waals surface area contributed by atoms with E-state index >= 15 is 0 Å². The largest absolute Gasteiger partial charge is 0.481 e. The van der Waals surface area contributed by atoms with Crippen LogP contribution in [0.4, 0.5) is 0 Å². The molecule has 0 atom stereocenters. The van der Waals surface area contributed by atoms with Gasteiger partial charge in [0.1, 0.15) is 0 Å². The number of phosphoric acid groups is 1. The van der Waals surface area contributed by atoms with Gasteiger partial charge in [0.15, 0.2) is 0 Å². The molecule has 0 heterocycles. The minimum absolute atomic E-state index is 0.201. The van der Waals surface area contributed by atoms with Crippen molar-refractivity contribution in [3.63, 3.8) is 0 Å². The van der Waals surface area contributed by atoms with Crippen LogP contribution in [0.1, 0.15) is 20.3 Å². The zero-order valence-electron chi connectivity index (χ0n) is 7.21. The van der Waals surface area contributed by atoms with E-state index in [1.54, 1.807) is 0 Å². The van der Waals surface area contributed by atoms with Crippen molar-refractivity contribution in [1.29, 1.82) is 0 Å². The number of carboxylic acids is 1. The van der Waals surface area contributed by atoms with E-state index in [0.29, 0.717) is 0 Å². The number of aliphatic carboxylic acids is 1. The molecule has 0 amide bonds. The molecule has 7 nitrogen and oxygen atoms in total. The Bertz CT molecular complexity index is 191. The standard InChI is InChI=1S/C5H10O3.H3O4P/c1-5(2,8)3-4(6)7;1-5(2,3)4/h8H,3H2,1-2H3,(H,6,7);(H3,1,2,3,4). The predicted octanol–water partition coefficient (Wildman–Crippen LogP) is -0.697.